The number of hydrogen-bond donors (Lipinski definition) is 0. The van der Waals surface area contributed by atoms with E-state index < -0.39 is 0 Å². The maximum Gasteiger partial charge on any atom is 0.131 e. The molecular weight excluding hydrogens is 301 g/mol. The monoisotopic (exact) mass is 315 g/mol. The molecule has 80 valence electrons. The first-order chi connectivity index (χ1) is 7.18. The van der Waals surface area contributed by atoms with Gasteiger partial charge in [0.15, 0.2) is 0 Å². The van der Waals surface area contributed by atoms with Crippen molar-refractivity contribution in [3.8, 4) is 0 Å². The zero-order chi connectivity index (χ0) is 10.8. The van der Waals surface area contributed by atoms with Crippen molar-refractivity contribution in [1.82, 2.24) is 14.7 Å². The minimum atomic E-state index is 0.941. The van der Waals surface area contributed by atoms with Gasteiger partial charge in [-0.15, -0.1) is 0 Å². The predicted octanol–water partition coefficient (Wildman–Crippen LogP) is 2.20. The fraction of sp³-hybridized carbons (Fsp3) is 0.364. The Morgan fingerprint density at radius 3 is 2.80 bits per heavy atom. The summed E-state index contributed by atoms with van der Waals surface area (Å²) >= 11 is 2.29. The van der Waals surface area contributed by atoms with E-state index in [4.69, 9.17) is 0 Å². The molecule has 3 nitrogen and oxygen atoms in total. The number of likely N-dealkylation sites (N-methyl/N-ethyl adjacent to an activating group) is 1. The van der Waals surface area contributed by atoms with E-state index in [2.05, 4.69) is 75.6 Å². The third-order valence-corrected chi connectivity index (χ3v) is 3.17. The van der Waals surface area contributed by atoms with Crippen molar-refractivity contribution in [2.75, 3.05) is 20.6 Å². The van der Waals surface area contributed by atoms with E-state index in [0.29, 0.717) is 0 Å². The van der Waals surface area contributed by atoms with E-state index in [1.165, 1.54) is 10.9 Å². The number of fused-ring (bicyclic) bond motifs is 1. The normalized spacial score (nSPS) is 11.5. The highest BCUT2D eigenvalue weighted by molar-refractivity contribution is 14.1. The third kappa shape index (κ3) is 2.31. The molecule has 1 heterocycles. The van der Waals surface area contributed by atoms with Crippen molar-refractivity contribution in [3.05, 3.63) is 28.0 Å². The van der Waals surface area contributed by atoms with Crippen LogP contribution in [0.5, 0.6) is 0 Å². The number of nitrogens with zero attached hydrogens (tertiary/aromatic N) is 3. The maximum absolute atomic E-state index is 4.54. The molecule has 0 N–H and O–H groups in total. The molecule has 0 aliphatic rings. The molecule has 0 saturated carbocycles. The lowest BCUT2D eigenvalue weighted by Gasteiger charge is -2.09. The lowest BCUT2D eigenvalue weighted by atomic mass is 10.2. The van der Waals surface area contributed by atoms with Gasteiger partial charge in [-0.1, -0.05) is 18.2 Å². The summed E-state index contributed by atoms with van der Waals surface area (Å²) in [4.78, 5) is 2.17. The molecule has 4 heteroatoms. The second-order valence-corrected chi connectivity index (χ2v) is 4.86. The minimum Gasteiger partial charge on any atom is -0.308 e. The summed E-state index contributed by atoms with van der Waals surface area (Å²) < 4.78 is 3.17. The van der Waals surface area contributed by atoms with E-state index in [-0.39, 0.29) is 0 Å². The van der Waals surface area contributed by atoms with E-state index in [1.54, 1.807) is 0 Å². The summed E-state index contributed by atoms with van der Waals surface area (Å²) in [5, 5.41) is 5.79. The summed E-state index contributed by atoms with van der Waals surface area (Å²) in [7, 11) is 4.16. The Balaban J connectivity index is 2.35. The van der Waals surface area contributed by atoms with Gasteiger partial charge in [-0.2, -0.15) is 5.10 Å². The van der Waals surface area contributed by atoms with Crippen LogP contribution in [0.1, 0.15) is 0 Å². The fourth-order valence-corrected chi connectivity index (χ4v) is 2.27. The van der Waals surface area contributed by atoms with Crippen LogP contribution in [0.2, 0.25) is 0 Å². The van der Waals surface area contributed by atoms with Crippen LogP contribution in [0, 0.1) is 3.70 Å². The zero-order valence-corrected chi connectivity index (χ0v) is 11.1. The van der Waals surface area contributed by atoms with Crippen LogP contribution in [0.4, 0.5) is 0 Å². The molecule has 0 unspecified atom stereocenters. The first kappa shape index (κ1) is 10.9. The Kier molecular flexibility index (Phi) is 3.25. The fourth-order valence-electron chi connectivity index (χ4n) is 1.55. The molecular formula is C11H14IN3. The lowest BCUT2D eigenvalue weighted by molar-refractivity contribution is 0.376. The molecule has 0 saturated heterocycles. The molecule has 1 aromatic carbocycles. The highest BCUT2D eigenvalue weighted by Crippen LogP contribution is 2.19. The van der Waals surface area contributed by atoms with Crippen LogP contribution in [0.3, 0.4) is 0 Å². The van der Waals surface area contributed by atoms with E-state index in [0.717, 1.165) is 16.8 Å². The Bertz CT molecular complexity index is 462. The highest BCUT2D eigenvalue weighted by atomic mass is 127. The van der Waals surface area contributed by atoms with Gasteiger partial charge in [0.05, 0.1) is 12.1 Å². The Labute approximate surface area is 103 Å². The van der Waals surface area contributed by atoms with Crippen molar-refractivity contribution < 1.29 is 0 Å². The number of aromatic nitrogens is 2. The van der Waals surface area contributed by atoms with Crippen LogP contribution in [0.15, 0.2) is 24.3 Å². The largest absolute Gasteiger partial charge is 0.308 e. The van der Waals surface area contributed by atoms with Gasteiger partial charge in [0, 0.05) is 11.9 Å². The summed E-state index contributed by atoms with van der Waals surface area (Å²) in [5.41, 5.74) is 1.23. The number of benzene rings is 1. The number of halogens is 1. The van der Waals surface area contributed by atoms with Gasteiger partial charge < -0.3 is 4.90 Å². The van der Waals surface area contributed by atoms with E-state index in [9.17, 15) is 0 Å². The van der Waals surface area contributed by atoms with Gasteiger partial charge >= 0.3 is 0 Å². The van der Waals surface area contributed by atoms with Gasteiger partial charge in [0.25, 0.3) is 0 Å². The number of hydrogen-bond acceptors (Lipinski definition) is 2. The molecule has 0 aliphatic heterocycles. The van der Waals surface area contributed by atoms with Gasteiger partial charge in [-0.25, -0.2) is 0 Å². The summed E-state index contributed by atoms with van der Waals surface area (Å²) in [6.07, 6.45) is 0. The Morgan fingerprint density at radius 2 is 2.07 bits per heavy atom. The number of para-hydroxylation sites is 1. The molecule has 0 radical (unpaired) electrons. The van der Waals surface area contributed by atoms with Crippen molar-refractivity contribution in [2.45, 2.75) is 6.54 Å². The predicted molar refractivity (Wildman–Crippen MR) is 71.0 cm³/mol. The Hall–Kier alpha value is -0.620. The third-order valence-electron chi connectivity index (χ3n) is 2.37. The van der Waals surface area contributed by atoms with Crippen molar-refractivity contribution >= 4 is 33.5 Å². The average Bonchev–Trinajstić information content (AvgIpc) is 2.54. The zero-order valence-electron chi connectivity index (χ0n) is 8.94. The topological polar surface area (TPSA) is 21.1 Å². The molecule has 15 heavy (non-hydrogen) atoms. The van der Waals surface area contributed by atoms with Gasteiger partial charge in [0.1, 0.15) is 3.70 Å². The molecule has 2 aromatic rings. The summed E-state index contributed by atoms with van der Waals surface area (Å²) in [5.74, 6) is 0. The first-order valence-corrected chi connectivity index (χ1v) is 6.02. The SMILES string of the molecule is CN(C)CCn1nc(I)c2ccccc21. The first-order valence-electron chi connectivity index (χ1n) is 4.94. The average molecular weight is 315 g/mol. The van der Waals surface area contributed by atoms with Crippen molar-refractivity contribution in [3.63, 3.8) is 0 Å². The van der Waals surface area contributed by atoms with Gasteiger partial charge in [-0.3, -0.25) is 4.68 Å². The lowest BCUT2D eigenvalue weighted by Crippen LogP contribution is -2.18. The summed E-state index contributed by atoms with van der Waals surface area (Å²) in [6, 6.07) is 8.37. The standard InChI is InChI=1S/C11H14IN3/c1-14(2)7-8-15-10-6-4-3-5-9(10)11(12)13-15/h3-6H,7-8H2,1-2H3. The quantitative estimate of drug-likeness (QED) is 0.810. The minimum absolute atomic E-state index is 0.941. The molecule has 1 aromatic heterocycles. The maximum atomic E-state index is 4.54. The van der Waals surface area contributed by atoms with Gasteiger partial charge in [-0.05, 0) is 42.8 Å². The molecule has 0 aliphatic carbocycles. The number of rotatable bonds is 3. The van der Waals surface area contributed by atoms with Crippen LogP contribution in [-0.2, 0) is 6.54 Å². The van der Waals surface area contributed by atoms with Crippen LogP contribution >= 0.6 is 22.6 Å². The summed E-state index contributed by atoms with van der Waals surface area (Å²) in [6.45, 7) is 1.96. The van der Waals surface area contributed by atoms with E-state index in [1.807, 2.05) is 0 Å². The molecule has 0 fully saturated rings. The van der Waals surface area contributed by atoms with Crippen LogP contribution in [-0.4, -0.2) is 35.3 Å². The highest BCUT2D eigenvalue weighted by Gasteiger charge is 2.06. The second-order valence-electron chi connectivity index (χ2n) is 3.83. The molecule has 2 rings (SSSR count). The van der Waals surface area contributed by atoms with Crippen LogP contribution < -0.4 is 0 Å². The molecule has 0 bridgehead atoms. The van der Waals surface area contributed by atoms with E-state index >= 15 is 0 Å². The Morgan fingerprint density at radius 1 is 1.33 bits per heavy atom. The molecule has 0 spiro atoms. The smallest absolute Gasteiger partial charge is 0.131 e. The van der Waals surface area contributed by atoms with Crippen LogP contribution in [0.25, 0.3) is 10.9 Å². The van der Waals surface area contributed by atoms with Crippen molar-refractivity contribution in [2.24, 2.45) is 0 Å². The second kappa shape index (κ2) is 4.49. The molecule has 0 atom stereocenters. The van der Waals surface area contributed by atoms with Crippen molar-refractivity contribution in [1.29, 1.82) is 0 Å². The van der Waals surface area contributed by atoms with Gasteiger partial charge in [0.2, 0.25) is 0 Å². The molecule has 0 amide bonds.